The van der Waals surface area contributed by atoms with Crippen LogP contribution >= 0.6 is 0 Å². The zero-order chi connectivity index (χ0) is 24.9. The van der Waals surface area contributed by atoms with E-state index in [1.807, 2.05) is 0 Å². The predicted molar refractivity (Wildman–Crippen MR) is 158 cm³/mol. The monoisotopic (exact) mass is 477 g/mol. The van der Waals surface area contributed by atoms with Gasteiger partial charge in [-0.25, -0.2) is 0 Å². The Kier molecular flexibility index (Phi) is 6.68. The van der Waals surface area contributed by atoms with Crippen LogP contribution in [0.2, 0.25) is 0 Å². The van der Waals surface area contributed by atoms with Crippen molar-refractivity contribution in [2.24, 2.45) is 0 Å². The molecule has 1 nitrogen and oxygen atoms in total. The Bertz CT molecular complexity index is 1460. The first-order valence-corrected chi connectivity index (χ1v) is 13.2. The zero-order valence-corrected chi connectivity index (χ0v) is 21.0. The van der Waals surface area contributed by atoms with Gasteiger partial charge in [-0.15, -0.1) is 0 Å². The molecule has 0 radical (unpaired) electrons. The van der Waals surface area contributed by atoms with E-state index in [1.165, 1.54) is 44.8 Å². The highest BCUT2D eigenvalue weighted by Gasteiger charge is 2.29. The van der Waals surface area contributed by atoms with Gasteiger partial charge < -0.3 is 4.90 Å². The molecule has 180 valence electrons. The molecule has 2 aliphatic rings. The minimum Gasteiger partial charge on any atom is -0.333 e. The number of nitrogens with zero attached hydrogens (tertiary/aromatic N) is 1. The van der Waals surface area contributed by atoms with Crippen LogP contribution in [0, 0.1) is 0 Å². The van der Waals surface area contributed by atoms with Crippen LogP contribution in [-0.4, -0.2) is 6.04 Å². The van der Waals surface area contributed by atoms with Gasteiger partial charge in [0.15, 0.2) is 0 Å². The van der Waals surface area contributed by atoms with Crippen molar-refractivity contribution in [1.29, 1.82) is 0 Å². The number of hydrogen-bond acceptors (Lipinski definition) is 1. The summed E-state index contributed by atoms with van der Waals surface area (Å²) in [5.74, 6) is 0. The summed E-state index contributed by atoms with van der Waals surface area (Å²) >= 11 is 0. The van der Waals surface area contributed by atoms with E-state index in [0.717, 1.165) is 19.3 Å². The van der Waals surface area contributed by atoms with Crippen LogP contribution in [0.5, 0.6) is 0 Å². The van der Waals surface area contributed by atoms with Crippen molar-refractivity contribution < 1.29 is 0 Å². The summed E-state index contributed by atoms with van der Waals surface area (Å²) < 4.78 is 0. The Labute approximate surface area is 220 Å². The average Bonchev–Trinajstić information content (AvgIpc) is 3.00. The lowest BCUT2D eigenvalue weighted by Gasteiger charge is -2.39. The molecule has 0 aromatic heterocycles. The van der Waals surface area contributed by atoms with Crippen molar-refractivity contribution >= 4 is 16.8 Å². The first-order chi connectivity index (χ1) is 18.4. The quantitative estimate of drug-likeness (QED) is 0.267. The first kappa shape index (κ1) is 23.1. The molecule has 6 rings (SSSR count). The third-order valence-electron chi connectivity index (χ3n) is 7.33. The largest absolute Gasteiger partial charge is 0.333 e. The second kappa shape index (κ2) is 10.7. The molecule has 0 saturated carbocycles. The molecule has 37 heavy (non-hydrogen) atoms. The van der Waals surface area contributed by atoms with E-state index in [9.17, 15) is 0 Å². The van der Waals surface area contributed by atoms with Crippen LogP contribution in [0.3, 0.4) is 0 Å². The van der Waals surface area contributed by atoms with Gasteiger partial charge in [-0.05, 0) is 70.9 Å². The summed E-state index contributed by atoms with van der Waals surface area (Å²) in [6, 6.07) is 41.7. The Morgan fingerprint density at radius 2 is 1.16 bits per heavy atom. The van der Waals surface area contributed by atoms with E-state index in [4.69, 9.17) is 0 Å². The molecule has 1 heteroatoms. The van der Waals surface area contributed by atoms with Gasteiger partial charge in [0.1, 0.15) is 0 Å². The zero-order valence-electron chi connectivity index (χ0n) is 21.0. The fourth-order valence-electron chi connectivity index (χ4n) is 5.52. The van der Waals surface area contributed by atoms with Crippen molar-refractivity contribution in [3.05, 3.63) is 162 Å². The standard InChI is InChI=1S/C36H31N/c1-4-14-28(15-5-1)29-24-26-32(27-25-29)37(35-22-12-10-20-33(35)30-16-6-2-7-17-30)36-23-13-11-21-34(36)31-18-8-3-9-19-31/h1-10,12-20,23-27,35H,11,21-22H2/t35-/m1/s1. The van der Waals surface area contributed by atoms with Gasteiger partial charge in [0.05, 0.1) is 6.04 Å². The Balaban J connectivity index is 1.50. The van der Waals surface area contributed by atoms with Crippen molar-refractivity contribution in [1.82, 2.24) is 0 Å². The smallest absolute Gasteiger partial charge is 0.0632 e. The molecule has 4 aromatic rings. The van der Waals surface area contributed by atoms with Crippen LogP contribution in [0.4, 0.5) is 5.69 Å². The molecular formula is C36H31N. The SMILES string of the molecule is C1=CC[C@@H](N(C2=C(c3ccccc3)CCC=C2)c2ccc(-c3ccccc3)cc2)C(c2ccccc2)=C1. The molecule has 0 spiro atoms. The van der Waals surface area contributed by atoms with Crippen LogP contribution in [0.25, 0.3) is 22.3 Å². The fourth-order valence-corrected chi connectivity index (χ4v) is 5.52. The summed E-state index contributed by atoms with van der Waals surface area (Å²) in [7, 11) is 0. The van der Waals surface area contributed by atoms with Gasteiger partial charge in [0, 0.05) is 11.4 Å². The topological polar surface area (TPSA) is 3.24 Å². The molecule has 1 atom stereocenters. The van der Waals surface area contributed by atoms with E-state index < -0.39 is 0 Å². The van der Waals surface area contributed by atoms with Gasteiger partial charge in [-0.2, -0.15) is 0 Å². The molecule has 0 unspecified atom stereocenters. The van der Waals surface area contributed by atoms with Crippen molar-refractivity contribution in [2.45, 2.75) is 25.3 Å². The highest BCUT2D eigenvalue weighted by atomic mass is 15.2. The van der Waals surface area contributed by atoms with E-state index in [1.54, 1.807) is 0 Å². The number of rotatable bonds is 6. The number of allylic oxidation sites excluding steroid dienone is 5. The summed E-state index contributed by atoms with van der Waals surface area (Å²) in [5, 5.41) is 0. The highest BCUT2D eigenvalue weighted by molar-refractivity contribution is 5.83. The minimum absolute atomic E-state index is 0.200. The molecule has 0 amide bonds. The molecule has 0 fully saturated rings. The van der Waals surface area contributed by atoms with E-state index in [0.29, 0.717) is 0 Å². The minimum atomic E-state index is 0.200. The molecule has 0 saturated heterocycles. The molecule has 0 bridgehead atoms. The van der Waals surface area contributed by atoms with Crippen LogP contribution < -0.4 is 4.90 Å². The first-order valence-electron chi connectivity index (χ1n) is 13.2. The number of anilines is 1. The predicted octanol–water partition coefficient (Wildman–Crippen LogP) is 9.33. The van der Waals surface area contributed by atoms with E-state index >= 15 is 0 Å². The molecule has 2 aliphatic carbocycles. The average molecular weight is 478 g/mol. The molecule has 0 heterocycles. The highest BCUT2D eigenvalue weighted by Crippen LogP contribution is 2.40. The number of benzene rings is 4. The Morgan fingerprint density at radius 1 is 0.568 bits per heavy atom. The maximum Gasteiger partial charge on any atom is 0.0632 e. The lowest BCUT2D eigenvalue weighted by atomic mass is 9.88. The summed E-state index contributed by atoms with van der Waals surface area (Å²) in [6.45, 7) is 0. The normalized spacial score (nSPS) is 17.0. The van der Waals surface area contributed by atoms with Crippen molar-refractivity contribution in [2.75, 3.05) is 4.90 Å². The van der Waals surface area contributed by atoms with Gasteiger partial charge >= 0.3 is 0 Å². The molecule has 4 aromatic carbocycles. The van der Waals surface area contributed by atoms with Crippen LogP contribution in [0.1, 0.15) is 30.4 Å². The fraction of sp³-hybridized carbons (Fsp3) is 0.111. The third kappa shape index (κ3) is 4.86. The Hall–Kier alpha value is -4.36. The van der Waals surface area contributed by atoms with Crippen molar-refractivity contribution in [3.63, 3.8) is 0 Å². The lowest BCUT2D eigenvalue weighted by Crippen LogP contribution is -2.36. The maximum absolute atomic E-state index is 2.58. The Morgan fingerprint density at radius 3 is 1.84 bits per heavy atom. The van der Waals surface area contributed by atoms with E-state index in [2.05, 4.69) is 151 Å². The maximum atomic E-state index is 2.58. The lowest BCUT2D eigenvalue weighted by molar-refractivity contribution is 0.774. The van der Waals surface area contributed by atoms with Gasteiger partial charge in [0.2, 0.25) is 0 Å². The third-order valence-corrected chi connectivity index (χ3v) is 7.33. The van der Waals surface area contributed by atoms with Gasteiger partial charge in [-0.3, -0.25) is 0 Å². The summed E-state index contributed by atoms with van der Waals surface area (Å²) in [6.07, 6.45) is 14.6. The summed E-state index contributed by atoms with van der Waals surface area (Å²) in [4.78, 5) is 2.58. The van der Waals surface area contributed by atoms with E-state index in [-0.39, 0.29) is 6.04 Å². The number of hydrogen-bond donors (Lipinski definition) is 0. The molecule has 0 aliphatic heterocycles. The molecule has 0 N–H and O–H groups in total. The van der Waals surface area contributed by atoms with Gasteiger partial charge in [0.25, 0.3) is 0 Å². The van der Waals surface area contributed by atoms with Crippen LogP contribution in [0.15, 0.2) is 151 Å². The molecular weight excluding hydrogens is 446 g/mol. The summed E-state index contributed by atoms with van der Waals surface area (Å²) in [5.41, 5.74) is 10.4. The van der Waals surface area contributed by atoms with Gasteiger partial charge in [-0.1, -0.05) is 127 Å². The van der Waals surface area contributed by atoms with Crippen LogP contribution in [-0.2, 0) is 0 Å². The second-order valence-corrected chi connectivity index (χ2v) is 9.62. The second-order valence-electron chi connectivity index (χ2n) is 9.62. The van der Waals surface area contributed by atoms with Crippen molar-refractivity contribution in [3.8, 4) is 11.1 Å².